The second-order valence-corrected chi connectivity index (χ2v) is 3.22. The molecule has 0 spiro atoms. The van der Waals surface area contributed by atoms with Crippen LogP contribution in [0.15, 0.2) is 23.6 Å². The van der Waals surface area contributed by atoms with Crippen molar-refractivity contribution in [3.63, 3.8) is 0 Å². The standard InChI is InChI=1S/C10H14F2/c1-3-4-8-5-6-9(11)7(2)10(8)12/h5-7,9H,3-4H2,1-2H3. The molecule has 0 aromatic carbocycles. The Kier molecular flexibility index (Phi) is 3.01. The smallest absolute Gasteiger partial charge is 0.127 e. The average molecular weight is 172 g/mol. The van der Waals surface area contributed by atoms with E-state index in [1.54, 1.807) is 13.0 Å². The minimum atomic E-state index is -1.15. The largest absolute Gasteiger partial charge is 0.242 e. The van der Waals surface area contributed by atoms with Gasteiger partial charge in [0.1, 0.15) is 12.0 Å². The fraction of sp³-hybridized carbons (Fsp3) is 0.600. The molecule has 1 aliphatic rings. The predicted molar refractivity (Wildman–Crippen MR) is 46.2 cm³/mol. The molecule has 0 N–H and O–H groups in total. The molecule has 0 fully saturated rings. The summed E-state index contributed by atoms with van der Waals surface area (Å²) in [5, 5.41) is 0. The highest BCUT2D eigenvalue weighted by atomic mass is 19.1. The highest BCUT2D eigenvalue weighted by Crippen LogP contribution is 2.30. The van der Waals surface area contributed by atoms with Crippen LogP contribution in [0, 0.1) is 5.92 Å². The Hall–Kier alpha value is -0.660. The number of allylic oxidation sites excluding steroid dienone is 4. The van der Waals surface area contributed by atoms with Crippen LogP contribution in [-0.2, 0) is 0 Å². The summed E-state index contributed by atoms with van der Waals surface area (Å²) >= 11 is 0. The van der Waals surface area contributed by atoms with Crippen molar-refractivity contribution < 1.29 is 8.78 Å². The molecule has 1 rings (SSSR count). The first-order chi connectivity index (χ1) is 5.66. The highest BCUT2D eigenvalue weighted by molar-refractivity contribution is 5.29. The maximum atomic E-state index is 13.3. The monoisotopic (exact) mass is 172 g/mol. The summed E-state index contributed by atoms with van der Waals surface area (Å²) in [4.78, 5) is 0. The van der Waals surface area contributed by atoms with Gasteiger partial charge in [-0.25, -0.2) is 8.78 Å². The van der Waals surface area contributed by atoms with E-state index in [-0.39, 0.29) is 5.83 Å². The van der Waals surface area contributed by atoms with Crippen molar-refractivity contribution in [3.05, 3.63) is 23.6 Å². The van der Waals surface area contributed by atoms with Crippen LogP contribution in [0.3, 0.4) is 0 Å². The summed E-state index contributed by atoms with van der Waals surface area (Å²) in [5.74, 6) is -0.858. The van der Waals surface area contributed by atoms with Crippen molar-refractivity contribution in [2.75, 3.05) is 0 Å². The summed E-state index contributed by atoms with van der Waals surface area (Å²) in [6.07, 6.45) is 3.48. The molecule has 0 heterocycles. The number of hydrogen-bond acceptors (Lipinski definition) is 0. The van der Waals surface area contributed by atoms with Crippen LogP contribution >= 0.6 is 0 Å². The quantitative estimate of drug-likeness (QED) is 0.597. The Morgan fingerprint density at radius 2 is 2.17 bits per heavy atom. The summed E-state index contributed by atoms with van der Waals surface area (Å²) in [7, 11) is 0. The SMILES string of the molecule is CCCC1=C(F)C(C)C(F)C=C1. The molecule has 0 bridgehead atoms. The lowest BCUT2D eigenvalue weighted by atomic mass is 9.93. The first-order valence-electron chi connectivity index (χ1n) is 4.37. The van der Waals surface area contributed by atoms with Gasteiger partial charge in [-0.3, -0.25) is 0 Å². The van der Waals surface area contributed by atoms with E-state index in [4.69, 9.17) is 0 Å². The first kappa shape index (κ1) is 9.43. The van der Waals surface area contributed by atoms with Gasteiger partial charge in [-0.1, -0.05) is 26.3 Å². The average Bonchev–Trinajstić information content (AvgIpc) is 2.07. The van der Waals surface area contributed by atoms with Crippen LogP contribution in [0.1, 0.15) is 26.7 Å². The van der Waals surface area contributed by atoms with Crippen LogP contribution in [0.2, 0.25) is 0 Å². The lowest BCUT2D eigenvalue weighted by Gasteiger charge is -2.18. The van der Waals surface area contributed by atoms with Gasteiger partial charge in [-0.2, -0.15) is 0 Å². The second-order valence-electron chi connectivity index (χ2n) is 3.22. The van der Waals surface area contributed by atoms with E-state index in [1.165, 1.54) is 6.08 Å². The van der Waals surface area contributed by atoms with Crippen LogP contribution < -0.4 is 0 Å². The molecule has 0 aromatic rings. The molecule has 1 aliphatic carbocycles. The second kappa shape index (κ2) is 3.83. The van der Waals surface area contributed by atoms with Crippen molar-refractivity contribution in [3.8, 4) is 0 Å². The van der Waals surface area contributed by atoms with Crippen LogP contribution in [0.25, 0.3) is 0 Å². The summed E-state index contributed by atoms with van der Waals surface area (Å²) in [6.45, 7) is 3.57. The molecule has 0 nitrogen and oxygen atoms in total. The van der Waals surface area contributed by atoms with Crippen molar-refractivity contribution >= 4 is 0 Å². The van der Waals surface area contributed by atoms with E-state index in [9.17, 15) is 8.78 Å². The molecular formula is C10H14F2. The maximum absolute atomic E-state index is 13.3. The van der Waals surface area contributed by atoms with E-state index in [2.05, 4.69) is 0 Å². The molecule has 2 atom stereocenters. The normalized spacial score (nSPS) is 29.7. The third kappa shape index (κ3) is 1.74. The molecular weight excluding hydrogens is 158 g/mol. The van der Waals surface area contributed by atoms with Crippen LogP contribution in [0.5, 0.6) is 0 Å². The van der Waals surface area contributed by atoms with Crippen LogP contribution in [-0.4, -0.2) is 6.17 Å². The van der Waals surface area contributed by atoms with Gasteiger partial charge in [-0.15, -0.1) is 0 Å². The zero-order valence-corrected chi connectivity index (χ0v) is 7.48. The Labute approximate surface area is 72.0 Å². The number of alkyl halides is 1. The molecule has 0 radical (unpaired) electrons. The van der Waals surface area contributed by atoms with E-state index >= 15 is 0 Å². The Morgan fingerprint density at radius 3 is 2.75 bits per heavy atom. The maximum Gasteiger partial charge on any atom is 0.127 e. The van der Waals surface area contributed by atoms with Gasteiger partial charge in [0.2, 0.25) is 0 Å². The molecule has 0 aliphatic heterocycles. The minimum absolute atomic E-state index is 0.271. The van der Waals surface area contributed by atoms with Gasteiger partial charge in [0.15, 0.2) is 0 Å². The summed E-state index contributed by atoms with van der Waals surface area (Å²) in [5.41, 5.74) is 0.666. The molecule has 0 saturated heterocycles. The third-order valence-electron chi connectivity index (χ3n) is 2.18. The van der Waals surface area contributed by atoms with Crippen molar-refractivity contribution in [1.29, 1.82) is 0 Å². The van der Waals surface area contributed by atoms with E-state index < -0.39 is 12.1 Å². The minimum Gasteiger partial charge on any atom is -0.242 e. The van der Waals surface area contributed by atoms with Crippen molar-refractivity contribution in [1.82, 2.24) is 0 Å². The van der Waals surface area contributed by atoms with Crippen molar-refractivity contribution in [2.45, 2.75) is 32.9 Å². The van der Waals surface area contributed by atoms with E-state index in [0.29, 0.717) is 12.0 Å². The number of halogens is 2. The van der Waals surface area contributed by atoms with Gasteiger partial charge in [0.05, 0.1) is 0 Å². The molecule has 0 saturated carbocycles. The Balaban J connectivity index is 2.79. The first-order valence-corrected chi connectivity index (χ1v) is 4.37. The zero-order valence-electron chi connectivity index (χ0n) is 7.48. The zero-order chi connectivity index (χ0) is 9.14. The van der Waals surface area contributed by atoms with Gasteiger partial charge in [0, 0.05) is 5.92 Å². The molecule has 68 valence electrons. The Morgan fingerprint density at radius 1 is 1.50 bits per heavy atom. The molecule has 0 amide bonds. The fourth-order valence-corrected chi connectivity index (χ4v) is 1.36. The lowest BCUT2D eigenvalue weighted by Crippen LogP contribution is -2.15. The lowest BCUT2D eigenvalue weighted by molar-refractivity contribution is 0.287. The molecule has 2 unspecified atom stereocenters. The number of rotatable bonds is 2. The topological polar surface area (TPSA) is 0 Å². The molecule has 12 heavy (non-hydrogen) atoms. The third-order valence-corrected chi connectivity index (χ3v) is 2.18. The summed E-state index contributed by atoms with van der Waals surface area (Å²) < 4.78 is 26.1. The Bertz CT molecular complexity index is 216. The highest BCUT2D eigenvalue weighted by Gasteiger charge is 2.23. The van der Waals surface area contributed by atoms with E-state index in [1.807, 2.05) is 6.92 Å². The fourth-order valence-electron chi connectivity index (χ4n) is 1.36. The van der Waals surface area contributed by atoms with Gasteiger partial charge in [-0.05, 0) is 18.1 Å². The van der Waals surface area contributed by atoms with Gasteiger partial charge in [0.25, 0.3) is 0 Å². The summed E-state index contributed by atoms with van der Waals surface area (Å²) in [6, 6.07) is 0. The predicted octanol–water partition coefficient (Wildman–Crippen LogP) is 3.55. The molecule has 0 aromatic heterocycles. The molecule has 2 heteroatoms. The van der Waals surface area contributed by atoms with E-state index in [0.717, 1.165) is 6.42 Å². The van der Waals surface area contributed by atoms with Gasteiger partial charge >= 0.3 is 0 Å². The number of hydrogen-bond donors (Lipinski definition) is 0. The van der Waals surface area contributed by atoms with Crippen molar-refractivity contribution in [2.24, 2.45) is 5.92 Å². The van der Waals surface area contributed by atoms with Gasteiger partial charge < -0.3 is 0 Å². The van der Waals surface area contributed by atoms with Crippen LogP contribution in [0.4, 0.5) is 8.78 Å².